The van der Waals surface area contributed by atoms with Crippen molar-refractivity contribution in [2.24, 2.45) is 10.3 Å². The molecule has 2 aromatic heterocycles. The number of alkyl halides is 1. The summed E-state index contributed by atoms with van der Waals surface area (Å²) in [6.45, 7) is 6.34. The van der Waals surface area contributed by atoms with Gasteiger partial charge in [-0.1, -0.05) is 11.6 Å². The van der Waals surface area contributed by atoms with Gasteiger partial charge in [-0.2, -0.15) is 4.40 Å². The first-order valence-corrected chi connectivity index (χ1v) is 11.1. The van der Waals surface area contributed by atoms with Gasteiger partial charge in [-0.25, -0.2) is 18.6 Å². The van der Waals surface area contributed by atoms with Gasteiger partial charge in [-0.15, -0.1) is 0 Å². The van der Waals surface area contributed by atoms with Crippen LogP contribution < -0.4 is 4.74 Å². The number of nitrogens with zero attached hydrogens (tertiary/aromatic N) is 4. The molecule has 0 bridgehead atoms. The van der Waals surface area contributed by atoms with E-state index in [9.17, 15) is 13.4 Å². The van der Waals surface area contributed by atoms with E-state index in [1.807, 2.05) is 20.8 Å². The average molecular weight is 453 g/mol. The molecule has 1 saturated heterocycles. The van der Waals surface area contributed by atoms with Crippen molar-refractivity contribution < 1.29 is 18.1 Å². The van der Waals surface area contributed by atoms with Crippen molar-refractivity contribution >= 4 is 45.5 Å². The topological polar surface area (TPSA) is 84.8 Å². The van der Waals surface area contributed by atoms with Gasteiger partial charge in [-0.3, -0.25) is 4.79 Å². The van der Waals surface area contributed by atoms with Crippen molar-refractivity contribution in [3.8, 4) is 5.88 Å². The molecule has 1 aliphatic heterocycles. The second-order valence-electron chi connectivity index (χ2n) is 8.51. The molecular formula is C20H22ClFN4O3S. The monoisotopic (exact) mass is 452 g/mol. The molecule has 2 fully saturated rings. The van der Waals surface area contributed by atoms with Crippen molar-refractivity contribution in [3.05, 3.63) is 29.2 Å². The van der Waals surface area contributed by atoms with E-state index in [0.717, 1.165) is 5.39 Å². The zero-order valence-electron chi connectivity index (χ0n) is 16.8. The third-order valence-corrected chi connectivity index (χ3v) is 6.56. The van der Waals surface area contributed by atoms with Gasteiger partial charge < -0.3 is 9.64 Å². The predicted molar refractivity (Wildman–Crippen MR) is 114 cm³/mol. The van der Waals surface area contributed by atoms with Crippen molar-refractivity contribution in [2.75, 3.05) is 13.1 Å². The van der Waals surface area contributed by atoms with E-state index in [1.54, 1.807) is 23.4 Å². The highest BCUT2D eigenvalue weighted by Gasteiger charge is 2.48. The molecule has 3 atom stereocenters. The smallest absolute Gasteiger partial charge is 0.228 e. The van der Waals surface area contributed by atoms with Crippen LogP contribution in [0.3, 0.4) is 0 Å². The van der Waals surface area contributed by atoms with Crippen LogP contribution in [-0.4, -0.2) is 61.3 Å². The summed E-state index contributed by atoms with van der Waals surface area (Å²) in [4.78, 5) is 22.1. The molecule has 2 aliphatic rings. The van der Waals surface area contributed by atoms with Crippen molar-refractivity contribution in [2.45, 2.75) is 44.2 Å². The first-order valence-electron chi connectivity index (χ1n) is 9.63. The molecule has 4 rings (SSSR count). The summed E-state index contributed by atoms with van der Waals surface area (Å²) < 4.78 is 34.9. The fraction of sp³-hybridized carbons (Fsp3) is 0.500. The van der Waals surface area contributed by atoms with Crippen molar-refractivity contribution in [3.63, 3.8) is 0 Å². The van der Waals surface area contributed by atoms with Crippen LogP contribution in [0.2, 0.25) is 5.15 Å². The molecule has 1 saturated carbocycles. The number of likely N-dealkylation sites (tertiary alicyclic amines) is 1. The number of hydrogen-bond donors (Lipinski definition) is 0. The average Bonchev–Trinajstić information content (AvgIpc) is 3.38. The maximum absolute atomic E-state index is 13.1. The normalized spacial score (nSPS) is 22.9. The Labute approximate surface area is 181 Å². The number of aromatic nitrogens is 2. The van der Waals surface area contributed by atoms with Crippen LogP contribution in [0.1, 0.15) is 32.8 Å². The van der Waals surface area contributed by atoms with E-state index in [4.69, 9.17) is 16.3 Å². The summed E-state index contributed by atoms with van der Waals surface area (Å²) in [5, 5.41) is 1.66. The standard InChI is InChI=1S/C20H22ClFN4O3S/c1-20(2,3)30(28)25-7-11-6-24-18(15-8-23-17(21)5-13(11)15)29-12-9-26(10-12)19(27)14-4-16(14)22/h5-8,12,14,16H,4,9-10H2,1-3H3/b25-7+/t14-,16+,30?/m1/s1. The summed E-state index contributed by atoms with van der Waals surface area (Å²) in [5.74, 6) is -0.254. The predicted octanol–water partition coefficient (Wildman–Crippen LogP) is 3.11. The molecule has 0 N–H and O–H groups in total. The highest BCUT2D eigenvalue weighted by Crippen LogP contribution is 2.37. The molecule has 2 aromatic rings. The molecule has 160 valence electrons. The molecule has 3 heterocycles. The summed E-state index contributed by atoms with van der Waals surface area (Å²) in [5.41, 5.74) is 0.646. The zero-order valence-corrected chi connectivity index (χ0v) is 18.4. The maximum Gasteiger partial charge on any atom is 0.228 e. The van der Waals surface area contributed by atoms with Gasteiger partial charge in [0.05, 0.1) is 29.1 Å². The molecule has 1 unspecified atom stereocenters. The highest BCUT2D eigenvalue weighted by atomic mass is 35.5. The Kier molecular flexibility index (Phi) is 5.52. The minimum atomic E-state index is -1.41. The Bertz CT molecular complexity index is 1050. The van der Waals surface area contributed by atoms with E-state index in [0.29, 0.717) is 41.5 Å². The van der Waals surface area contributed by atoms with E-state index in [1.165, 1.54) is 6.21 Å². The Morgan fingerprint density at radius 3 is 2.67 bits per heavy atom. The van der Waals surface area contributed by atoms with Crippen LogP contribution in [0.25, 0.3) is 10.8 Å². The Morgan fingerprint density at radius 2 is 2.03 bits per heavy atom. The fourth-order valence-electron chi connectivity index (χ4n) is 3.07. The second-order valence-corrected chi connectivity index (χ2v) is 10.8. The number of hydrogen-bond acceptors (Lipinski definition) is 5. The quantitative estimate of drug-likeness (QED) is 0.514. The highest BCUT2D eigenvalue weighted by molar-refractivity contribution is 7.85. The van der Waals surface area contributed by atoms with Crippen molar-refractivity contribution in [1.82, 2.24) is 14.9 Å². The first kappa shape index (κ1) is 21.1. The van der Waals surface area contributed by atoms with Gasteiger partial charge in [0, 0.05) is 29.6 Å². The zero-order chi connectivity index (χ0) is 21.6. The van der Waals surface area contributed by atoms with Gasteiger partial charge in [-0.05, 0) is 33.3 Å². The third-order valence-electron chi connectivity index (χ3n) is 5.01. The molecule has 0 spiro atoms. The van der Waals surface area contributed by atoms with Crippen LogP contribution in [0.15, 0.2) is 22.9 Å². The van der Waals surface area contributed by atoms with Crippen LogP contribution in [0, 0.1) is 5.92 Å². The SMILES string of the molecule is CC(C)(C)S(=O)/N=C/c1cnc(OC2CN(C(=O)[C@@H]3C[C@@H]3F)C2)c2cnc(Cl)cc12. The number of halogens is 2. The molecule has 0 aromatic carbocycles. The minimum absolute atomic E-state index is 0.146. The van der Waals surface area contributed by atoms with Crippen LogP contribution in [-0.2, 0) is 15.8 Å². The number of carbonyl (C=O) groups excluding carboxylic acids is 1. The van der Waals surface area contributed by atoms with Gasteiger partial charge >= 0.3 is 0 Å². The lowest BCUT2D eigenvalue weighted by molar-refractivity contribution is -0.141. The number of pyridine rings is 2. The summed E-state index contributed by atoms with van der Waals surface area (Å²) in [7, 11) is -1.41. The lowest BCUT2D eigenvalue weighted by Crippen LogP contribution is -2.56. The van der Waals surface area contributed by atoms with Gasteiger partial charge in [0.15, 0.2) is 0 Å². The second kappa shape index (κ2) is 7.85. The fourth-order valence-corrected chi connectivity index (χ4v) is 3.75. The number of fused-ring (bicyclic) bond motifs is 1. The first-order chi connectivity index (χ1) is 14.1. The van der Waals surface area contributed by atoms with Crippen molar-refractivity contribution in [1.29, 1.82) is 0 Å². The molecular weight excluding hydrogens is 431 g/mol. The molecule has 1 amide bonds. The summed E-state index contributed by atoms with van der Waals surface area (Å²) in [6, 6.07) is 1.68. The van der Waals surface area contributed by atoms with Gasteiger partial charge in [0.25, 0.3) is 0 Å². The lowest BCUT2D eigenvalue weighted by Gasteiger charge is -2.38. The van der Waals surface area contributed by atoms with Gasteiger partial charge in [0.1, 0.15) is 28.4 Å². The Balaban J connectivity index is 1.52. The van der Waals surface area contributed by atoms with Gasteiger partial charge in [0.2, 0.25) is 11.8 Å². The third kappa shape index (κ3) is 4.32. The van der Waals surface area contributed by atoms with Crippen LogP contribution >= 0.6 is 11.6 Å². The lowest BCUT2D eigenvalue weighted by atomic mass is 10.1. The number of rotatable bonds is 5. The molecule has 7 nitrogen and oxygen atoms in total. The number of carbonyl (C=O) groups is 1. The van der Waals surface area contributed by atoms with E-state index in [-0.39, 0.29) is 12.0 Å². The minimum Gasteiger partial charge on any atom is -0.470 e. The van der Waals surface area contributed by atoms with Crippen LogP contribution in [0.4, 0.5) is 4.39 Å². The van der Waals surface area contributed by atoms with Crippen LogP contribution in [0.5, 0.6) is 5.88 Å². The molecule has 10 heteroatoms. The Hall–Kier alpha value is -2.13. The van der Waals surface area contributed by atoms with E-state index >= 15 is 0 Å². The Morgan fingerprint density at radius 1 is 1.33 bits per heavy atom. The largest absolute Gasteiger partial charge is 0.470 e. The van der Waals surface area contributed by atoms with E-state index in [2.05, 4.69) is 14.4 Å². The molecule has 1 aliphatic carbocycles. The molecule has 0 radical (unpaired) electrons. The number of ether oxygens (including phenoxy) is 1. The summed E-state index contributed by atoms with van der Waals surface area (Å²) in [6.07, 6.45) is 3.77. The summed E-state index contributed by atoms with van der Waals surface area (Å²) >= 11 is 6.07. The molecule has 30 heavy (non-hydrogen) atoms. The van der Waals surface area contributed by atoms with E-state index < -0.39 is 27.8 Å². The number of amides is 1. The maximum atomic E-state index is 13.1.